The van der Waals surface area contributed by atoms with Crippen LogP contribution in [0.3, 0.4) is 0 Å². The zero-order valence-corrected chi connectivity index (χ0v) is 10.3. The summed E-state index contributed by atoms with van der Waals surface area (Å²) in [4.78, 5) is 0. The molecule has 1 saturated carbocycles. The van der Waals surface area contributed by atoms with Crippen LogP contribution in [0.25, 0.3) is 0 Å². The number of aliphatic hydroxyl groups is 1. The molecule has 2 fully saturated rings. The van der Waals surface area contributed by atoms with E-state index in [-0.39, 0.29) is 6.04 Å². The fraction of sp³-hybridized carbons (Fsp3) is 0.571. The maximum Gasteiger partial charge on any atom is 0.172 e. The predicted octanol–water partition coefficient (Wildman–Crippen LogP) is 1.04. The standard InChI is InChI=1S/C14H19NO3/c16-13-9-14(17-6-7-18-14)8-12(13)15-10-11-4-2-1-3-5-11/h1-5,12-13,15-16H,6-10H2. The zero-order chi connectivity index (χ0) is 12.4. The van der Waals surface area contributed by atoms with Crippen LogP contribution in [0, 0.1) is 0 Å². The van der Waals surface area contributed by atoms with Crippen molar-refractivity contribution in [3.63, 3.8) is 0 Å². The highest BCUT2D eigenvalue weighted by Gasteiger charge is 2.48. The molecule has 98 valence electrons. The number of rotatable bonds is 3. The van der Waals surface area contributed by atoms with Crippen LogP contribution >= 0.6 is 0 Å². The average Bonchev–Trinajstić information content (AvgIpc) is 2.96. The fourth-order valence-corrected chi connectivity index (χ4v) is 2.80. The number of ether oxygens (including phenoxy) is 2. The minimum Gasteiger partial charge on any atom is -0.391 e. The Balaban J connectivity index is 1.57. The van der Waals surface area contributed by atoms with Gasteiger partial charge < -0.3 is 19.9 Å². The van der Waals surface area contributed by atoms with E-state index in [0.717, 1.165) is 13.0 Å². The molecule has 1 saturated heterocycles. The van der Waals surface area contributed by atoms with Crippen LogP contribution in [-0.2, 0) is 16.0 Å². The number of benzene rings is 1. The molecule has 2 unspecified atom stereocenters. The third kappa shape index (κ3) is 2.42. The number of nitrogens with one attached hydrogen (secondary N) is 1. The van der Waals surface area contributed by atoms with Gasteiger partial charge in [0.2, 0.25) is 0 Å². The first-order valence-electron chi connectivity index (χ1n) is 6.51. The lowest BCUT2D eigenvalue weighted by Gasteiger charge is -2.21. The van der Waals surface area contributed by atoms with E-state index in [4.69, 9.17) is 9.47 Å². The SMILES string of the molecule is OC1CC2(CC1NCc1ccccc1)OCCO2. The van der Waals surface area contributed by atoms with Crippen molar-refractivity contribution in [2.24, 2.45) is 0 Å². The molecular weight excluding hydrogens is 230 g/mol. The summed E-state index contributed by atoms with van der Waals surface area (Å²) in [5.41, 5.74) is 1.22. The van der Waals surface area contributed by atoms with Crippen molar-refractivity contribution in [3.8, 4) is 0 Å². The van der Waals surface area contributed by atoms with E-state index in [1.54, 1.807) is 0 Å². The first-order chi connectivity index (χ1) is 8.77. The molecular formula is C14H19NO3. The van der Waals surface area contributed by atoms with Crippen LogP contribution in [0.4, 0.5) is 0 Å². The third-order valence-corrected chi connectivity index (χ3v) is 3.74. The molecule has 2 atom stereocenters. The first-order valence-corrected chi connectivity index (χ1v) is 6.51. The maximum atomic E-state index is 10.1. The Morgan fingerprint density at radius 2 is 1.89 bits per heavy atom. The number of hydrogen-bond donors (Lipinski definition) is 2. The summed E-state index contributed by atoms with van der Waals surface area (Å²) in [5, 5.41) is 13.5. The minimum absolute atomic E-state index is 0.0447. The van der Waals surface area contributed by atoms with Crippen molar-refractivity contribution in [2.75, 3.05) is 13.2 Å². The van der Waals surface area contributed by atoms with Gasteiger partial charge >= 0.3 is 0 Å². The van der Waals surface area contributed by atoms with Crippen molar-refractivity contribution >= 4 is 0 Å². The van der Waals surface area contributed by atoms with Gasteiger partial charge in [-0.2, -0.15) is 0 Å². The Morgan fingerprint density at radius 1 is 1.17 bits per heavy atom. The van der Waals surface area contributed by atoms with Gasteiger partial charge in [0.05, 0.1) is 19.3 Å². The molecule has 4 heteroatoms. The van der Waals surface area contributed by atoms with E-state index in [1.165, 1.54) is 5.56 Å². The smallest absolute Gasteiger partial charge is 0.172 e. The van der Waals surface area contributed by atoms with Gasteiger partial charge in [-0.05, 0) is 5.56 Å². The maximum absolute atomic E-state index is 10.1. The number of hydrogen-bond acceptors (Lipinski definition) is 4. The Bertz CT molecular complexity index is 389. The number of aliphatic hydroxyl groups excluding tert-OH is 1. The summed E-state index contributed by atoms with van der Waals surface area (Å²) in [7, 11) is 0. The summed E-state index contributed by atoms with van der Waals surface area (Å²) >= 11 is 0. The molecule has 0 bridgehead atoms. The second kappa shape index (κ2) is 4.97. The van der Waals surface area contributed by atoms with Crippen molar-refractivity contribution in [3.05, 3.63) is 35.9 Å². The third-order valence-electron chi connectivity index (χ3n) is 3.74. The molecule has 1 aromatic rings. The molecule has 0 radical (unpaired) electrons. The van der Waals surface area contributed by atoms with Crippen molar-refractivity contribution in [2.45, 2.75) is 37.3 Å². The Morgan fingerprint density at radius 3 is 2.61 bits per heavy atom. The van der Waals surface area contributed by atoms with Crippen LogP contribution in [-0.4, -0.2) is 36.3 Å². The summed E-state index contributed by atoms with van der Waals surface area (Å²) in [6.07, 6.45) is 0.896. The van der Waals surface area contributed by atoms with Crippen molar-refractivity contribution in [1.29, 1.82) is 0 Å². The Labute approximate surface area is 107 Å². The summed E-state index contributed by atoms with van der Waals surface area (Å²) in [6.45, 7) is 2.04. The van der Waals surface area contributed by atoms with Gasteiger partial charge in [0.15, 0.2) is 5.79 Å². The quantitative estimate of drug-likeness (QED) is 0.840. The minimum atomic E-state index is -0.534. The topological polar surface area (TPSA) is 50.7 Å². The van der Waals surface area contributed by atoms with E-state index in [2.05, 4.69) is 17.4 Å². The van der Waals surface area contributed by atoms with Crippen LogP contribution < -0.4 is 5.32 Å². The van der Waals surface area contributed by atoms with E-state index in [1.807, 2.05) is 18.2 Å². The highest BCUT2D eigenvalue weighted by molar-refractivity contribution is 5.14. The highest BCUT2D eigenvalue weighted by Crippen LogP contribution is 2.37. The van der Waals surface area contributed by atoms with Gasteiger partial charge in [-0.1, -0.05) is 30.3 Å². The molecule has 0 amide bonds. The molecule has 2 aliphatic rings. The summed E-state index contributed by atoms with van der Waals surface area (Å²) in [5.74, 6) is -0.534. The van der Waals surface area contributed by atoms with Crippen LogP contribution in [0.1, 0.15) is 18.4 Å². The summed E-state index contributed by atoms with van der Waals surface area (Å²) in [6, 6.07) is 10.2. The lowest BCUT2D eigenvalue weighted by atomic mass is 10.1. The van der Waals surface area contributed by atoms with Crippen LogP contribution in [0.15, 0.2) is 30.3 Å². The Hall–Kier alpha value is -0.940. The Kier molecular flexibility index (Phi) is 3.35. The lowest BCUT2D eigenvalue weighted by molar-refractivity contribution is -0.155. The molecule has 1 aliphatic heterocycles. The van der Waals surface area contributed by atoms with Gasteiger partial charge in [0, 0.05) is 25.4 Å². The molecule has 4 nitrogen and oxygen atoms in total. The molecule has 18 heavy (non-hydrogen) atoms. The van der Waals surface area contributed by atoms with Crippen LogP contribution in [0.5, 0.6) is 0 Å². The largest absolute Gasteiger partial charge is 0.391 e. The van der Waals surface area contributed by atoms with Crippen molar-refractivity contribution < 1.29 is 14.6 Å². The monoisotopic (exact) mass is 249 g/mol. The molecule has 1 aromatic carbocycles. The molecule has 2 N–H and O–H groups in total. The molecule has 1 spiro atoms. The molecule has 1 heterocycles. The zero-order valence-electron chi connectivity index (χ0n) is 10.3. The lowest BCUT2D eigenvalue weighted by Crippen LogP contribution is -2.35. The molecule has 1 aliphatic carbocycles. The second-order valence-corrected chi connectivity index (χ2v) is 5.06. The molecule has 3 rings (SSSR count). The highest BCUT2D eigenvalue weighted by atomic mass is 16.7. The predicted molar refractivity (Wildman–Crippen MR) is 66.9 cm³/mol. The van der Waals surface area contributed by atoms with E-state index >= 15 is 0 Å². The van der Waals surface area contributed by atoms with Gasteiger partial charge in [0.1, 0.15) is 0 Å². The normalized spacial score (nSPS) is 30.1. The first kappa shape index (κ1) is 12.1. The van der Waals surface area contributed by atoms with Gasteiger partial charge in [-0.15, -0.1) is 0 Å². The van der Waals surface area contributed by atoms with E-state index in [9.17, 15) is 5.11 Å². The molecule has 0 aromatic heterocycles. The average molecular weight is 249 g/mol. The fourth-order valence-electron chi connectivity index (χ4n) is 2.80. The van der Waals surface area contributed by atoms with E-state index in [0.29, 0.717) is 19.6 Å². The summed E-state index contributed by atoms with van der Waals surface area (Å²) < 4.78 is 11.3. The van der Waals surface area contributed by atoms with Crippen molar-refractivity contribution in [1.82, 2.24) is 5.32 Å². The van der Waals surface area contributed by atoms with Gasteiger partial charge in [-0.25, -0.2) is 0 Å². The second-order valence-electron chi connectivity index (χ2n) is 5.06. The van der Waals surface area contributed by atoms with Crippen LogP contribution in [0.2, 0.25) is 0 Å². The van der Waals surface area contributed by atoms with Gasteiger partial charge in [0.25, 0.3) is 0 Å². The van der Waals surface area contributed by atoms with Gasteiger partial charge in [-0.3, -0.25) is 0 Å². The van der Waals surface area contributed by atoms with E-state index < -0.39 is 11.9 Å².